The van der Waals surface area contributed by atoms with E-state index in [4.69, 9.17) is 15.2 Å². The molecule has 0 atom stereocenters. The molecule has 1 aromatic heterocycles. The summed E-state index contributed by atoms with van der Waals surface area (Å²) in [7, 11) is 3.44. The largest absolute Gasteiger partial charge is 0.497 e. The van der Waals surface area contributed by atoms with Gasteiger partial charge in [0.1, 0.15) is 17.1 Å². The zero-order valence-electron chi connectivity index (χ0n) is 11.8. The molecule has 1 heterocycles. The highest BCUT2D eigenvalue weighted by Gasteiger charge is 2.18. The number of methoxy groups -OCH3 is 1. The molecule has 0 spiro atoms. The maximum atomic E-state index is 11.8. The molecule has 0 fully saturated rings. The zero-order valence-corrected chi connectivity index (χ0v) is 11.8. The summed E-state index contributed by atoms with van der Waals surface area (Å²) in [6.45, 7) is 2.09. The number of nitrogen functional groups attached to an aromatic ring is 1. The molecular weight excluding hydrogens is 256 g/mol. The van der Waals surface area contributed by atoms with Crippen molar-refractivity contribution in [1.29, 1.82) is 0 Å². The van der Waals surface area contributed by atoms with Gasteiger partial charge in [-0.1, -0.05) is 0 Å². The van der Waals surface area contributed by atoms with Gasteiger partial charge in [0.25, 0.3) is 0 Å². The lowest BCUT2D eigenvalue weighted by molar-refractivity contribution is 0.0527. The lowest BCUT2D eigenvalue weighted by atomic mass is 10.1. The molecule has 0 aliphatic heterocycles. The van der Waals surface area contributed by atoms with Crippen LogP contribution in [0.1, 0.15) is 17.3 Å². The first kappa shape index (κ1) is 14.0. The van der Waals surface area contributed by atoms with Crippen molar-refractivity contribution in [2.45, 2.75) is 6.92 Å². The number of aromatic nitrogens is 1. The second kappa shape index (κ2) is 5.69. The van der Waals surface area contributed by atoms with E-state index in [1.807, 2.05) is 31.3 Å². The number of anilines is 1. The van der Waals surface area contributed by atoms with Crippen LogP contribution in [0.5, 0.6) is 5.75 Å². The second-order valence-electron chi connectivity index (χ2n) is 4.34. The fourth-order valence-corrected chi connectivity index (χ4v) is 2.03. The first-order chi connectivity index (χ1) is 9.58. The highest BCUT2D eigenvalue weighted by atomic mass is 16.5. The van der Waals surface area contributed by atoms with E-state index < -0.39 is 5.97 Å². The first-order valence-corrected chi connectivity index (χ1v) is 6.35. The maximum absolute atomic E-state index is 11.8. The van der Waals surface area contributed by atoms with Gasteiger partial charge in [0.05, 0.1) is 19.4 Å². The van der Waals surface area contributed by atoms with E-state index in [1.165, 1.54) is 0 Å². The summed E-state index contributed by atoms with van der Waals surface area (Å²) >= 11 is 0. The number of benzene rings is 1. The van der Waals surface area contributed by atoms with Gasteiger partial charge in [0, 0.05) is 7.05 Å². The zero-order chi connectivity index (χ0) is 14.7. The van der Waals surface area contributed by atoms with Gasteiger partial charge in [0.2, 0.25) is 0 Å². The molecule has 1 aromatic carbocycles. The van der Waals surface area contributed by atoms with Crippen LogP contribution in [0.15, 0.2) is 30.3 Å². The highest BCUT2D eigenvalue weighted by Crippen LogP contribution is 2.28. The highest BCUT2D eigenvalue weighted by molar-refractivity contribution is 5.96. The van der Waals surface area contributed by atoms with Gasteiger partial charge in [-0.15, -0.1) is 0 Å². The fourth-order valence-electron chi connectivity index (χ4n) is 2.03. The van der Waals surface area contributed by atoms with Crippen LogP contribution >= 0.6 is 0 Å². The van der Waals surface area contributed by atoms with Crippen LogP contribution in [-0.4, -0.2) is 24.3 Å². The van der Waals surface area contributed by atoms with Crippen molar-refractivity contribution >= 4 is 11.8 Å². The summed E-state index contributed by atoms with van der Waals surface area (Å²) in [5.41, 5.74) is 8.16. The molecule has 2 rings (SSSR count). The van der Waals surface area contributed by atoms with Crippen molar-refractivity contribution in [2.24, 2.45) is 7.05 Å². The topological polar surface area (TPSA) is 66.5 Å². The molecular formula is C15H18N2O3. The molecule has 106 valence electrons. The number of nitrogens with zero attached hydrogens (tertiary/aromatic N) is 1. The molecule has 5 nitrogen and oxygen atoms in total. The van der Waals surface area contributed by atoms with Gasteiger partial charge in [-0.05, 0) is 42.8 Å². The van der Waals surface area contributed by atoms with E-state index in [-0.39, 0.29) is 0 Å². The minimum atomic E-state index is -0.402. The third-order valence-electron chi connectivity index (χ3n) is 3.16. The number of hydrogen-bond donors (Lipinski definition) is 1. The number of hydrogen-bond acceptors (Lipinski definition) is 4. The van der Waals surface area contributed by atoms with Gasteiger partial charge in [-0.3, -0.25) is 0 Å². The molecule has 0 saturated carbocycles. The third kappa shape index (κ3) is 2.47. The van der Waals surface area contributed by atoms with Gasteiger partial charge in [-0.25, -0.2) is 4.79 Å². The predicted molar refractivity (Wildman–Crippen MR) is 77.8 cm³/mol. The average Bonchev–Trinajstić information content (AvgIpc) is 2.76. The van der Waals surface area contributed by atoms with Crippen LogP contribution in [0, 0.1) is 0 Å². The molecule has 0 bridgehead atoms. The Bertz CT molecular complexity index is 615. The molecule has 2 N–H and O–H groups in total. The van der Waals surface area contributed by atoms with E-state index >= 15 is 0 Å². The number of carbonyl (C=O) groups excluding carboxylic acids is 1. The van der Waals surface area contributed by atoms with Crippen LogP contribution in [0.4, 0.5) is 5.82 Å². The smallest absolute Gasteiger partial charge is 0.341 e. The minimum absolute atomic E-state index is 0.324. The van der Waals surface area contributed by atoms with Gasteiger partial charge < -0.3 is 19.8 Å². The van der Waals surface area contributed by atoms with Gasteiger partial charge in [-0.2, -0.15) is 0 Å². The first-order valence-electron chi connectivity index (χ1n) is 6.35. The number of rotatable bonds is 4. The molecule has 0 radical (unpaired) electrons. The number of carbonyl (C=O) groups is 1. The van der Waals surface area contributed by atoms with Crippen molar-refractivity contribution in [3.05, 3.63) is 35.9 Å². The van der Waals surface area contributed by atoms with Crippen molar-refractivity contribution < 1.29 is 14.3 Å². The fraction of sp³-hybridized carbons (Fsp3) is 0.267. The Labute approximate surface area is 117 Å². The summed E-state index contributed by atoms with van der Waals surface area (Å²) in [4.78, 5) is 11.8. The molecule has 0 unspecified atom stereocenters. The Kier molecular flexibility index (Phi) is 3.98. The van der Waals surface area contributed by atoms with E-state index in [0.29, 0.717) is 18.0 Å². The molecule has 2 aromatic rings. The van der Waals surface area contributed by atoms with Gasteiger partial charge in [0.15, 0.2) is 0 Å². The Morgan fingerprint density at radius 3 is 2.50 bits per heavy atom. The monoisotopic (exact) mass is 274 g/mol. The predicted octanol–water partition coefficient (Wildman–Crippen LogP) is 2.46. The van der Waals surface area contributed by atoms with Crippen LogP contribution in [-0.2, 0) is 11.8 Å². The summed E-state index contributed by atoms with van der Waals surface area (Å²) in [5.74, 6) is 0.774. The maximum Gasteiger partial charge on any atom is 0.341 e. The van der Waals surface area contributed by atoms with Crippen LogP contribution in [0.3, 0.4) is 0 Å². The van der Waals surface area contributed by atoms with E-state index in [1.54, 1.807) is 24.7 Å². The Morgan fingerprint density at radius 2 is 1.95 bits per heavy atom. The van der Waals surface area contributed by atoms with Crippen molar-refractivity contribution in [2.75, 3.05) is 19.5 Å². The summed E-state index contributed by atoms with van der Waals surface area (Å²) < 4.78 is 11.9. The number of esters is 1. The SMILES string of the molecule is CCOC(=O)c1cc(-c2ccc(OC)cc2)n(C)c1N. The van der Waals surface area contributed by atoms with Crippen molar-refractivity contribution in [3.8, 4) is 17.0 Å². The van der Waals surface area contributed by atoms with Crippen LogP contribution in [0.2, 0.25) is 0 Å². The van der Waals surface area contributed by atoms with E-state index in [0.717, 1.165) is 17.0 Å². The average molecular weight is 274 g/mol. The summed E-state index contributed by atoms with van der Waals surface area (Å²) in [6.07, 6.45) is 0. The quantitative estimate of drug-likeness (QED) is 0.870. The van der Waals surface area contributed by atoms with Gasteiger partial charge >= 0.3 is 5.97 Å². The second-order valence-corrected chi connectivity index (χ2v) is 4.34. The summed E-state index contributed by atoms with van der Waals surface area (Å²) in [5, 5.41) is 0. The van der Waals surface area contributed by atoms with Crippen molar-refractivity contribution in [1.82, 2.24) is 4.57 Å². The lowest BCUT2D eigenvalue weighted by Gasteiger charge is -2.06. The molecule has 0 saturated heterocycles. The number of ether oxygens (including phenoxy) is 2. The molecule has 5 heteroatoms. The molecule has 0 aliphatic rings. The lowest BCUT2D eigenvalue weighted by Crippen LogP contribution is -2.07. The van der Waals surface area contributed by atoms with Crippen LogP contribution < -0.4 is 10.5 Å². The minimum Gasteiger partial charge on any atom is -0.497 e. The standard InChI is InChI=1S/C15H18N2O3/c1-4-20-15(18)12-9-13(17(2)14(12)16)10-5-7-11(19-3)8-6-10/h5-9H,4,16H2,1-3H3. The van der Waals surface area contributed by atoms with Crippen molar-refractivity contribution in [3.63, 3.8) is 0 Å². The normalized spacial score (nSPS) is 10.3. The Hall–Kier alpha value is -2.43. The van der Waals surface area contributed by atoms with Crippen LogP contribution in [0.25, 0.3) is 11.3 Å². The van der Waals surface area contributed by atoms with E-state index in [2.05, 4.69) is 0 Å². The third-order valence-corrected chi connectivity index (χ3v) is 3.16. The molecule has 0 aliphatic carbocycles. The molecule has 0 amide bonds. The Balaban J connectivity index is 2.41. The Morgan fingerprint density at radius 1 is 1.30 bits per heavy atom. The van der Waals surface area contributed by atoms with E-state index in [9.17, 15) is 4.79 Å². The summed E-state index contributed by atoms with van der Waals surface area (Å²) in [6, 6.07) is 9.31. The number of nitrogens with two attached hydrogens (primary N) is 1. The molecule has 20 heavy (non-hydrogen) atoms.